The highest BCUT2D eigenvalue weighted by Crippen LogP contribution is 2.20. The van der Waals surface area contributed by atoms with Crippen molar-refractivity contribution in [2.24, 2.45) is 0 Å². The number of unbranched alkanes of at least 4 members (excludes halogenated alkanes) is 60. The quantitative estimate of drug-likeness (QED) is 0.0343. The van der Waals surface area contributed by atoms with E-state index in [1.165, 1.54) is 347 Å². The maximum Gasteiger partial charge on any atom is 0.306 e. The summed E-state index contributed by atoms with van der Waals surface area (Å²) in [6.07, 6.45) is 84.7. The monoisotopic (exact) mass is 1140 g/mol. The molecule has 0 aromatic heterocycles. The van der Waals surface area contributed by atoms with Crippen LogP contribution in [0.1, 0.15) is 445 Å². The number of esters is 3. The van der Waals surface area contributed by atoms with Crippen LogP contribution in [0.2, 0.25) is 0 Å². The molecular formula is C75H146O6. The van der Waals surface area contributed by atoms with E-state index in [1.807, 2.05) is 0 Å². The van der Waals surface area contributed by atoms with Crippen LogP contribution in [-0.2, 0) is 28.6 Å². The minimum absolute atomic E-state index is 0.0608. The number of carbonyl (C=O) groups is 3. The van der Waals surface area contributed by atoms with Gasteiger partial charge in [0, 0.05) is 19.3 Å². The van der Waals surface area contributed by atoms with Gasteiger partial charge in [0.05, 0.1) is 0 Å². The lowest BCUT2D eigenvalue weighted by atomic mass is 10.0. The van der Waals surface area contributed by atoms with Crippen LogP contribution in [0.25, 0.3) is 0 Å². The summed E-state index contributed by atoms with van der Waals surface area (Å²) < 4.78 is 16.9. The molecule has 0 rings (SSSR count). The molecule has 6 nitrogen and oxygen atoms in total. The van der Waals surface area contributed by atoms with Crippen molar-refractivity contribution < 1.29 is 28.6 Å². The largest absolute Gasteiger partial charge is 0.462 e. The molecule has 0 heterocycles. The Morgan fingerprint density at radius 3 is 0.494 bits per heavy atom. The molecule has 0 aromatic carbocycles. The van der Waals surface area contributed by atoms with Crippen LogP contribution in [0.5, 0.6) is 0 Å². The molecule has 0 saturated heterocycles. The van der Waals surface area contributed by atoms with E-state index in [9.17, 15) is 14.4 Å². The molecule has 0 radical (unpaired) electrons. The highest BCUT2D eigenvalue weighted by atomic mass is 16.6. The second-order valence-electron chi connectivity index (χ2n) is 25.9. The van der Waals surface area contributed by atoms with E-state index in [1.54, 1.807) is 0 Å². The standard InChI is InChI=1S/C75H146O6/c1-4-7-10-13-16-19-21-23-25-27-29-31-33-35-36-37-38-39-41-42-44-46-48-50-52-54-56-59-62-65-68-74(77)80-71-72(70-79-73(76)67-64-61-58-18-15-12-9-6-3)81-75(78)69-66-63-60-57-55-53-51-49-47-45-43-40-34-32-30-28-26-24-22-20-17-14-11-8-5-2/h72H,4-71H2,1-3H3. The van der Waals surface area contributed by atoms with Gasteiger partial charge in [0.2, 0.25) is 0 Å². The molecule has 81 heavy (non-hydrogen) atoms. The summed E-state index contributed by atoms with van der Waals surface area (Å²) in [7, 11) is 0. The zero-order chi connectivity index (χ0) is 58.5. The summed E-state index contributed by atoms with van der Waals surface area (Å²) >= 11 is 0. The molecule has 0 bridgehead atoms. The predicted molar refractivity (Wildman–Crippen MR) is 354 cm³/mol. The van der Waals surface area contributed by atoms with Crippen molar-refractivity contribution in [2.75, 3.05) is 13.2 Å². The van der Waals surface area contributed by atoms with Crippen LogP contribution in [0.15, 0.2) is 0 Å². The second kappa shape index (κ2) is 70.9. The Morgan fingerprint density at radius 1 is 0.198 bits per heavy atom. The smallest absolute Gasteiger partial charge is 0.306 e. The SMILES string of the molecule is CCCCCCCCCCCCCCCCCCCCCCCCCCCCCCCCC(=O)OCC(COC(=O)CCCCCCCCCC)OC(=O)CCCCCCCCCCCCCCCCCCCCCCCCCCC. The maximum absolute atomic E-state index is 12.9. The van der Waals surface area contributed by atoms with Gasteiger partial charge in [-0.05, 0) is 19.3 Å². The third-order valence-corrected chi connectivity index (χ3v) is 17.6. The number of hydrogen-bond acceptors (Lipinski definition) is 6. The van der Waals surface area contributed by atoms with Crippen molar-refractivity contribution in [3.8, 4) is 0 Å². The third-order valence-electron chi connectivity index (χ3n) is 17.6. The Morgan fingerprint density at radius 2 is 0.333 bits per heavy atom. The minimum atomic E-state index is -0.762. The highest BCUT2D eigenvalue weighted by molar-refractivity contribution is 5.71. The fourth-order valence-corrected chi connectivity index (χ4v) is 12.0. The van der Waals surface area contributed by atoms with Gasteiger partial charge < -0.3 is 14.2 Å². The highest BCUT2D eigenvalue weighted by Gasteiger charge is 2.20. The van der Waals surface area contributed by atoms with Gasteiger partial charge >= 0.3 is 17.9 Å². The lowest BCUT2D eigenvalue weighted by molar-refractivity contribution is -0.167. The first kappa shape index (κ1) is 79.4. The van der Waals surface area contributed by atoms with Gasteiger partial charge in [-0.1, -0.05) is 406 Å². The first-order chi connectivity index (χ1) is 40.0. The van der Waals surface area contributed by atoms with Crippen LogP contribution < -0.4 is 0 Å². The molecule has 1 atom stereocenters. The Hall–Kier alpha value is -1.59. The lowest BCUT2D eigenvalue weighted by Crippen LogP contribution is -2.30. The molecule has 0 saturated carbocycles. The van der Waals surface area contributed by atoms with E-state index in [4.69, 9.17) is 14.2 Å². The summed E-state index contributed by atoms with van der Waals surface area (Å²) in [5, 5.41) is 0. The summed E-state index contributed by atoms with van der Waals surface area (Å²) in [4.78, 5) is 38.3. The van der Waals surface area contributed by atoms with Crippen molar-refractivity contribution in [1.29, 1.82) is 0 Å². The van der Waals surface area contributed by atoms with Crippen molar-refractivity contribution >= 4 is 17.9 Å². The number of ether oxygens (including phenoxy) is 3. The van der Waals surface area contributed by atoms with Gasteiger partial charge in [-0.25, -0.2) is 0 Å². The van der Waals surface area contributed by atoms with Crippen LogP contribution in [0.3, 0.4) is 0 Å². The molecule has 0 aromatic rings. The Labute approximate surface area is 508 Å². The van der Waals surface area contributed by atoms with Gasteiger partial charge in [0.25, 0.3) is 0 Å². The topological polar surface area (TPSA) is 78.9 Å². The summed E-state index contributed by atoms with van der Waals surface area (Å²) in [5.41, 5.74) is 0. The van der Waals surface area contributed by atoms with Crippen LogP contribution in [0.4, 0.5) is 0 Å². The van der Waals surface area contributed by atoms with E-state index in [0.29, 0.717) is 19.3 Å². The predicted octanol–water partition coefficient (Wildman–Crippen LogP) is 25.8. The molecule has 1 unspecified atom stereocenters. The van der Waals surface area contributed by atoms with E-state index >= 15 is 0 Å². The van der Waals surface area contributed by atoms with Crippen LogP contribution >= 0.6 is 0 Å². The molecule has 0 aliphatic rings. The van der Waals surface area contributed by atoms with E-state index < -0.39 is 6.10 Å². The maximum atomic E-state index is 12.9. The average molecular weight is 1140 g/mol. The molecule has 0 aliphatic heterocycles. The second-order valence-corrected chi connectivity index (χ2v) is 25.9. The van der Waals surface area contributed by atoms with Crippen molar-refractivity contribution in [3.63, 3.8) is 0 Å². The number of carbonyl (C=O) groups excluding carboxylic acids is 3. The Bertz CT molecular complexity index is 1220. The Balaban J connectivity index is 3.99. The van der Waals surface area contributed by atoms with Crippen molar-refractivity contribution in [3.05, 3.63) is 0 Å². The fraction of sp³-hybridized carbons (Fsp3) is 0.960. The molecule has 0 spiro atoms. The minimum Gasteiger partial charge on any atom is -0.462 e. The van der Waals surface area contributed by atoms with Gasteiger partial charge in [0.1, 0.15) is 13.2 Å². The van der Waals surface area contributed by atoms with Crippen LogP contribution in [-0.4, -0.2) is 37.2 Å². The lowest BCUT2D eigenvalue weighted by Gasteiger charge is -2.18. The van der Waals surface area contributed by atoms with Gasteiger partial charge in [-0.15, -0.1) is 0 Å². The fourth-order valence-electron chi connectivity index (χ4n) is 12.0. The van der Waals surface area contributed by atoms with Gasteiger partial charge in [0.15, 0.2) is 6.10 Å². The van der Waals surface area contributed by atoms with Gasteiger partial charge in [-0.3, -0.25) is 14.4 Å². The molecule has 482 valence electrons. The molecule has 0 amide bonds. The van der Waals surface area contributed by atoms with Crippen molar-refractivity contribution in [1.82, 2.24) is 0 Å². The van der Waals surface area contributed by atoms with E-state index in [0.717, 1.165) is 57.8 Å². The van der Waals surface area contributed by atoms with Crippen molar-refractivity contribution in [2.45, 2.75) is 451 Å². The summed E-state index contributed by atoms with van der Waals surface area (Å²) in [6.45, 7) is 6.71. The van der Waals surface area contributed by atoms with E-state index in [-0.39, 0.29) is 31.1 Å². The number of hydrogen-bond donors (Lipinski definition) is 0. The van der Waals surface area contributed by atoms with E-state index in [2.05, 4.69) is 20.8 Å². The molecule has 6 heteroatoms. The van der Waals surface area contributed by atoms with Gasteiger partial charge in [-0.2, -0.15) is 0 Å². The zero-order valence-corrected chi connectivity index (χ0v) is 55.6. The zero-order valence-electron chi connectivity index (χ0n) is 55.6. The molecule has 0 fully saturated rings. The number of rotatable bonds is 71. The summed E-state index contributed by atoms with van der Waals surface area (Å²) in [5.74, 6) is -0.827. The normalized spacial score (nSPS) is 11.9. The van der Waals surface area contributed by atoms with Crippen LogP contribution in [0, 0.1) is 0 Å². The molecule has 0 aliphatic carbocycles. The molecule has 0 N–H and O–H groups in total. The average Bonchev–Trinajstić information content (AvgIpc) is 3.47. The first-order valence-corrected chi connectivity index (χ1v) is 37.5. The summed E-state index contributed by atoms with van der Waals surface area (Å²) in [6, 6.07) is 0. The molecular weight excluding hydrogens is 997 g/mol. The Kier molecular flexibility index (Phi) is 69.5. The third kappa shape index (κ3) is 69.1. The first-order valence-electron chi connectivity index (χ1n) is 37.5.